The van der Waals surface area contributed by atoms with E-state index < -0.39 is 17.3 Å². The molecule has 0 radical (unpaired) electrons. The zero-order valence-electron chi connectivity index (χ0n) is 12.1. The maximum Gasteiger partial charge on any atom is 0.423 e. The summed E-state index contributed by atoms with van der Waals surface area (Å²) < 4.78 is 12.4. The molecule has 2 aromatic rings. The first-order valence-electron chi connectivity index (χ1n) is 6.31. The van der Waals surface area contributed by atoms with E-state index in [1.807, 2.05) is 6.92 Å². The molecule has 0 aliphatic heterocycles. The Bertz CT molecular complexity index is 745. The Balaban J connectivity index is 2.62. The fourth-order valence-corrected chi connectivity index (χ4v) is 3.06. The molecular weight excluding hydrogens is 360 g/mol. The van der Waals surface area contributed by atoms with Gasteiger partial charge in [-0.15, -0.1) is 0 Å². The fraction of sp³-hybridized carbons (Fsp3) is 0.462. The summed E-state index contributed by atoms with van der Waals surface area (Å²) in [4.78, 5) is 28.7. The fourth-order valence-electron chi connectivity index (χ4n) is 1.60. The van der Waals surface area contributed by atoms with Gasteiger partial charge in [0.15, 0.2) is 5.65 Å². The van der Waals surface area contributed by atoms with Crippen molar-refractivity contribution in [3.63, 3.8) is 0 Å². The van der Waals surface area contributed by atoms with E-state index >= 15 is 0 Å². The Kier molecular flexibility index (Phi) is 4.38. The molecule has 6 nitrogen and oxygen atoms in total. The summed E-state index contributed by atoms with van der Waals surface area (Å²) in [6, 6.07) is 1.62. The molecule has 0 aliphatic carbocycles. The number of nitrogens with zero attached hydrogens (tertiary/aromatic N) is 2. The molecular formula is C13H15BrN2O4S. The standard InChI is InChI=1S/C13H15BrN2O4S/c1-5-19-11-15-9-8(21-11)6-7(14)10(17)16(9)12(18)20-13(2,3)4/h6H,5H2,1-4H3. The summed E-state index contributed by atoms with van der Waals surface area (Å²) in [6.07, 6.45) is -0.757. The van der Waals surface area contributed by atoms with Gasteiger partial charge < -0.3 is 9.47 Å². The van der Waals surface area contributed by atoms with Gasteiger partial charge in [0.25, 0.3) is 10.8 Å². The predicted molar refractivity (Wildman–Crippen MR) is 84.4 cm³/mol. The first-order chi connectivity index (χ1) is 9.73. The van der Waals surface area contributed by atoms with E-state index in [-0.39, 0.29) is 10.1 Å². The molecule has 0 aliphatic rings. The Hall–Kier alpha value is -1.41. The lowest BCUT2D eigenvalue weighted by molar-refractivity contribution is 0.0537. The monoisotopic (exact) mass is 374 g/mol. The number of halogens is 1. The van der Waals surface area contributed by atoms with Gasteiger partial charge in [-0.1, -0.05) is 11.3 Å². The molecule has 8 heteroatoms. The second-order valence-electron chi connectivity index (χ2n) is 5.21. The van der Waals surface area contributed by atoms with Crippen LogP contribution in [0.25, 0.3) is 10.3 Å². The largest absolute Gasteiger partial charge is 0.470 e. The second kappa shape index (κ2) is 5.76. The summed E-state index contributed by atoms with van der Waals surface area (Å²) in [5.41, 5.74) is -0.972. The summed E-state index contributed by atoms with van der Waals surface area (Å²) in [6.45, 7) is 7.49. The Morgan fingerprint density at radius 1 is 1.48 bits per heavy atom. The predicted octanol–water partition coefficient (Wildman–Crippen LogP) is 3.40. The highest BCUT2D eigenvalue weighted by Crippen LogP contribution is 2.28. The lowest BCUT2D eigenvalue weighted by Crippen LogP contribution is -2.34. The van der Waals surface area contributed by atoms with Gasteiger partial charge >= 0.3 is 6.09 Å². The molecule has 2 heterocycles. The number of rotatable bonds is 2. The van der Waals surface area contributed by atoms with E-state index in [1.54, 1.807) is 26.8 Å². The van der Waals surface area contributed by atoms with Crippen LogP contribution in [0.2, 0.25) is 0 Å². The van der Waals surface area contributed by atoms with Gasteiger partial charge in [0.2, 0.25) is 0 Å². The van der Waals surface area contributed by atoms with Crippen molar-refractivity contribution in [3.05, 3.63) is 20.9 Å². The van der Waals surface area contributed by atoms with Gasteiger partial charge in [-0.2, -0.15) is 9.55 Å². The number of hydrogen-bond acceptors (Lipinski definition) is 6. The number of hydrogen-bond donors (Lipinski definition) is 0. The molecule has 0 amide bonds. The molecule has 0 atom stereocenters. The number of carbonyl (C=O) groups excluding carboxylic acids is 1. The molecule has 2 rings (SSSR count). The van der Waals surface area contributed by atoms with Crippen LogP contribution in [0.3, 0.4) is 0 Å². The number of aromatic nitrogens is 2. The van der Waals surface area contributed by atoms with E-state index in [2.05, 4.69) is 20.9 Å². The molecule has 0 spiro atoms. The van der Waals surface area contributed by atoms with Crippen LogP contribution in [0.4, 0.5) is 4.79 Å². The van der Waals surface area contributed by atoms with Crippen molar-refractivity contribution in [2.45, 2.75) is 33.3 Å². The Labute approximate surface area is 133 Å². The molecule has 0 unspecified atom stereocenters. The average Bonchev–Trinajstić information content (AvgIpc) is 2.70. The number of carbonyl (C=O) groups is 1. The normalized spacial score (nSPS) is 11.7. The number of pyridine rings is 1. The van der Waals surface area contributed by atoms with Gasteiger partial charge in [0, 0.05) is 0 Å². The van der Waals surface area contributed by atoms with E-state index in [4.69, 9.17) is 9.47 Å². The topological polar surface area (TPSA) is 70.4 Å². The molecule has 0 N–H and O–H groups in total. The van der Waals surface area contributed by atoms with Crippen LogP contribution in [0.5, 0.6) is 5.19 Å². The van der Waals surface area contributed by atoms with Crippen molar-refractivity contribution in [1.82, 2.24) is 9.55 Å². The van der Waals surface area contributed by atoms with E-state index in [1.165, 1.54) is 11.3 Å². The smallest absolute Gasteiger partial charge is 0.423 e. The SMILES string of the molecule is CCOc1nc2c(cc(Br)c(=O)n2C(=O)OC(C)(C)C)s1. The molecule has 21 heavy (non-hydrogen) atoms. The van der Waals surface area contributed by atoms with Crippen LogP contribution in [-0.4, -0.2) is 27.9 Å². The van der Waals surface area contributed by atoms with E-state index in [0.717, 1.165) is 4.57 Å². The number of fused-ring (bicyclic) bond motifs is 1. The van der Waals surface area contributed by atoms with Gasteiger partial charge in [-0.3, -0.25) is 4.79 Å². The highest BCUT2D eigenvalue weighted by Gasteiger charge is 2.23. The van der Waals surface area contributed by atoms with Gasteiger partial charge in [-0.05, 0) is 49.7 Å². The van der Waals surface area contributed by atoms with Crippen molar-refractivity contribution < 1.29 is 14.3 Å². The minimum Gasteiger partial charge on any atom is -0.470 e. The zero-order chi connectivity index (χ0) is 15.8. The van der Waals surface area contributed by atoms with Crippen LogP contribution >= 0.6 is 27.3 Å². The van der Waals surface area contributed by atoms with Crippen LogP contribution in [0, 0.1) is 0 Å². The number of ether oxygens (including phenoxy) is 2. The average molecular weight is 375 g/mol. The molecule has 0 aromatic carbocycles. The lowest BCUT2D eigenvalue weighted by Gasteiger charge is -2.19. The van der Waals surface area contributed by atoms with E-state index in [9.17, 15) is 9.59 Å². The van der Waals surface area contributed by atoms with Crippen LogP contribution in [0.1, 0.15) is 27.7 Å². The van der Waals surface area contributed by atoms with Crippen molar-refractivity contribution >= 4 is 43.7 Å². The molecule has 0 bridgehead atoms. The number of thiazole rings is 1. The summed E-state index contributed by atoms with van der Waals surface area (Å²) in [7, 11) is 0. The first-order valence-corrected chi connectivity index (χ1v) is 7.92. The minimum absolute atomic E-state index is 0.242. The Morgan fingerprint density at radius 3 is 2.71 bits per heavy atom. The first kappa shape index (κ1) is 16.0. The third-order valence-corrected chi connectivity index (χ3v) is 3.81. The third kappa shape index (κ3) is 3.44. The van der Waals surface area contributed by atoms with Crippen LogP contribution in [0.15, 0.2) is 15.3 Å². The quantitative estimate of drug-likeness (QED) is 0.805. The lowest BCUT2D eigenvalue weighted by atomic mass is 10.2. The third-order valence-electron chi connectivity index (χ3n) is 2.34. The van der Waals surface area contributed by atoms with Crippen molar-refractivity contribution in [2.75, 3.05) is 6.61 Å². The molecule has 0 saturated heterocycles. The van der Waals surface area contributed by atoms with Crippen molar-refractivity contribution in [3.8, 4) is 5.19 Å². The maximum absolute atomic E-state index is 12.3. The molecule has 114 valence electrons. The van der Waals surface area contributed by atoms with Crippen molar-refractivity contribution in [1.29, 1.82) is 0 Å². The summed E-state index contributed by atoms with van der Waals surface area (Å²) in [5, 5.41) is 0.405. The maximum atomic E-state index is 12.3. The van der Waals surface area contributed by atoms with E-state index in [0.29, 0.717) is 16.5 Å². The highest BCUT2D eigenvalue weighted by molar-refractivity contribution is 9.10. The zero-order valence-corrected chi connectivity index (χ0v) is 14.5. The summed E-state index contributed by atoms with van der Waals surface area (Å²) in [5.74, 6) is 0. The molecule has 0 fully saturated rings. The minimum atomic E-state index is -0.757. The summed E-state index contributed by atoms with van der Waals surface area (Å²) >= 11 is 4.42. The Morgan fingerprint density at radius 2 is 2.14 bits per heavy atom. The molecule has 0 saturated carbocycles. The van der Waals surface area contributed by atoms with Gasteiger partial charge in [0.05, 0.1) is 15.8 Å². The van der Waals surface area contributed by atoms with Crippen LogP contribution < -0.4 is 10.3 Å². The molecule has 2 aromatic heterocycles. The van der Waals surface area contributed by atoms with Crippen LogP contribution in [-0.2, 0) is 4.74 Å². The van der Waals surface area contributed by atoms with Gasteiger partial charge in [-0.25, -0.2) is 4.79 Å². The van der Waals surface area contributed by atoms with Gasteiger partial charge in [0.1, 0.15) is 5.60 Å². The van der Waals surface area contributed by atoms with Crippen molar-refractivity contribution in [2.24, 2.45) is 0 Å². The second-order valence-corrected chi connectivity index (χ2v) is 7.06. The highest BCUT2D eigenvalue weighted by atomic mass is 79.9.